The average molecular weight is 433 g/mol. The van der Waals surface area contributed by atoms with E-state index >= 15 is 0 Å². The van der Waals surface area contributed by atoms with Crippen molar-refractivity contribution in [1.82, 2.24) is 10.6 Å². The second-order valence-corrected chi connectivity index (χ2v) is 8.46. The Bertz CT molecular complexity index is 639. The minimum Gasteiger partial charge on any atom is -0.396 e. The molecule has 0 amide bonds. The summed E-state index contributed by atoms with van der Waals surface area (Å²) in [6.45, 7) is 9.09. The van der Waals surface area contributed by atoms with Crippen LogP contribution < -0.4 is 15.5 Å². The molecule has 2 saturated heterocycles. The number of nitrogens with zero attached hydrogens (tertiary/aromatic N) is 2. The van der Waals surface area contributed by atoms with Gasteiger partial charge in [-0.3, -0.25) is 0 Å². The average Bonchev–Trinajstić information content (AvgIpc) is 3.33. The van der Waals surface area contributed by atoms with E-state index in [0.717, 1.165) is 77.5 Å². The molecule has 7 nitrogen and oxygen atoms in total. The van der Waals surface area contributed by atoms with Crippen molar-refractivity contribution in [3.63, 3.8) is 0 Å². The largest absolute Gasteiger partial charge is 0.396 e. The number of nitrogens with one attached hydrogen (secondary N) is 2. The Balaban J connectivity index is 1.36. The van der Waals surface area contributed by atoms with Crippen LogP contribution in [-0.2, 0) is 16.0 Å². The van der Waals surface area contributed by atoms with Gasteiger partial charge in [-0.25, -0.2) is 4.99 Å². The molecule has 7 heteroatoms. The predicted molar refractivity (Wildman–Crippen MR) is 126 cm³/mol. The van der Waals surface area contributed by atoms with Crippen LogP contribution in [0.15, 0.2) is 29.3 Å². The Labute approximate surface area is 187 Å². The summed E-state index contributed by atoms with van der Waals surface area (Å²) in [5.74, 6) is 1.31. The molecule has 1 aromatic rings. The van der Waals surface area contributed by atoms with Gasteiger partial charge in [-0.2, -0.15) is 0 Å². The highest BCUT2D eigenvalue weighted by Crippen LogP contribution is 2.23. The molecule has 1 aromatic carbocycles. The van der Waals surface area contributed by atoms with Crippen LogP contribution in [0.4, 0.5) is 5.69 Å². The predicted octanol–water partition coefficient (Wildman–Crippen LogP) is 2.54. The molecule has 0 radical (unpaired) electrons. The fraction of sp³-hybridized carbons (Fsp3) is 0.708. The zero-order valence-electron chi connectivity index (χ0n) is 19.0. The first-order chi connectivity index (χ1) is 15.3. The molecule has 2 heterocycles. The molecule has 0 aromatic heterocycles. The Kier molecular flexibility index (Phi) is 10.4. The van der Waals surface area contributed by atoms with Gasteiger partial charge in [0.2, 0.25) is 0 Å². The van der Waals surface area contributed by atoms with E-state index in [-0.39, 0.29) is 0 Å². The summed E-state index contributed by atoms with van der Waals surface area (Å²) in [5.41, 5.74) is 2.46. The van der Waals surface area contributed by atoms with E-state index in [1.807, 2.05) is 0 Å². The summed E-state index contributed by atoms with van der Waals surface area (Å²) in [7, 11) is 0. The molecule has 2 aliphatic heterocycles. The summed E-state index contributed by atoms with van der Waals surface area (Å²) in [6, 6.07) is 8.71. The van der Waals surface area contributed by atoms with E-state index in [1.165, 1.54) is 11.3 Å². The molecule has 0 bridgehead atoms. The van der Waals surface area contributed by atoms with E-state index < -0.39 is 0 Å². The molecule has 174 valence electrons. The lowest BCUT2D eigenvalue weighted by molar-refractivity contribution is 0.0168. The van der Waals surface area contributed by atoms with Crippen LogP contribution in [0.1, 0.15) is 44.6 Å². The smallest absolute Gasteiger partial charge is 0.191 e. The Morgan fingerprint density at radius 1 is 1.19 bits per heavy atom. The number of guanidine groups is 1. The number of aliphatic hydroxyl groups excluding tert-OH is 1. The van der Waals surface area contributed by atoms with E-state index in [9.17, 15) is 5.11 Å². The molecule has 0 aliphatic carbocycles. The number of piperidine rings is 1. The number of hydrogen-bond acceptors (Lipinski definition) is 5. The lowest BCUT2D eigenvalue weighted by Gasteiger charge is -2.32. The zero-order chi connectivity index (χ0) is 21.7. The number of ether oxygens (including phenoxy) is 2. The van der Waals surface area contributed by atoms with Crippen molar-refractivity contribution in [2.24, 2.45) is 10.9 Å². The zero-order valence-corrected chi connectivity index (χ0v) is 19.0. The normalized spacial score (nSPS) is 20.3. The number of aliphatic imine (C=N–C) groups is 1. The minimum atomic E-state index is 0.297. The molecule has 3 N–H and O–H groups in total. The maximum absolute atomic E-state index is 9.31. The lowest BCUT2D eigenvalue weighted by atomic mass is 9.97. The number of aliphatic hydroxyl groups is 1. The van der Waals surface area contributed by atoms with Gasteiger partial charge in [0.05, 0.1) is 19.3 Å². The van der Waals surface area contributed by atoms with Crippen molar-refractivity contribution in [1.29, 1.82) is 0 Å². The van der Waals surface area contributed by atoms with Gasteiger partial charge in [0.25, 0.3) is 0 Å². The lowest BCUT2D eigenvalue weighted by Crippen LogP contribution is -2.38. The van der Waals surface area contributed by atoms with Crippen molar-refractivity contribution in [2.75, 3.05) is 57.5 Å². The topological polar surface area (TPSA) is 78.4 Å². The Morgan fingerprint density at radius 3 is 2.68 bits per heavy atom. The van der Waals surface area contributed by atoms with Crippen molar-refractivity contribution in [3.05, 3.63) is 29.8 Å². The summed E-state index contributed by atoms with van der Waals surface area (Å²) in [6.07, 6.45) is 5.66. The Hall–Kier alpha value is -1.83. The first kappa shape index (κ1) is 23.8. The first-order valence-electron chi connectivity index (χ1n) is 11.9. The fourth-order valence-corrected chi connectivity index (χ4v) is 4.07. The molecular weight excluding hydrogens is 392 g/mol. The van der Waals surface area contributed by atoms with Crippen molar-refractivity contribution >= 4 is 11.6 Å². The second kappa shape index (κ2) is 13.6. The van der Waals surface area contributed by atoms with Gasteiger partial charge in [-0.15, -0.1) is 0 Å². The highest BCUT2D eigenvalue weighted by molar-refractivity contribution is 5.79. The van der Waals surface area contributed by atoms with Crippen LogP contribution in [0.5, 0.6) is 0 Å². The van der Waals surface area contributed by atoms with Gasteiger partial charge in [0, 0.05) is 51.7 Å². The van der Waals surface area contributed by atoms with Crippen LogP contribution in [0.25, 0.3) is 0 Å². The van der Waals surface area contributed by atoms with Crippen LogP contribution in [0.3, 0.4) is 0 Å². The van der Waals surface area contributed by atoms with Crippen LogP contribution in [0, 0.1) is 5.92 Å². The maximum atomic E-state index is 9.31. The van der Waals surface area contributed by atoms with Gasteiger partial charge < -0.3 is 30.1 Å². The van der Waals surface area contributed by atoms with Crippen molar-refractivity contribution in [2.45, 2.75) is 51.7 Å². The van der Waals surface area contributed by atoms with Crippen LogP contribution in [0.2, 0.25) is 0 Å². The highest BCUT2D eigenvalue weighted by atomic mass is 16.5. The molecule has 2 aliphatic rings. The van der Waals surface area contributed by atoms with Gasteiger partial charge >= 0.3 is 0 Å². The van der Waals surface area contributed by atoms with E-state index in [4.69, 9.17) is 14.5 Å². The number of rotatable bonds is 11. The first-order valence-corrected chi connectivity index (χ1v) is 11.9. The SMILES string of the molecule is CCNC(=NCc1ccc(N2CCC(CO)CC2)cc1)NCCCOCC1CCCO1. The number of hydrogen-bond donors (Lipinski definition) is 3. The molecule has 1 unspecified atom stereocenters. The summed E-state index contributed by atoms with van der Waals surface area (Å²) in [5, 5.41) is 16.0. The second-order valence-electron chi connectivity index (χ2n) is 8.46. The van der Waals surface area contributed by atoms with Crippen molar-refractivity contribution < 1.29 is 14.6 Å². The summed E-state index contributed by atoms with van der Waals surface area (Å²) in [4.78, 5) is 7.13. The van der Waals surface area contributed by atoms with Gasteiger partial charge in [-0.1, -0.05) is 12.1 Å². The standard InChI is InChI=1S/C24H40N4O3/c1-2-25-24(26-12-4-15-30-19-23-5-3-16-31-23)27-17-20-6-8-22(9-7-20)28-13-10-21(18-29)11-14-28/h6-9,21,23,29H,2-5,10-19H2,1H3,(H2,25,26,27). The van der Waals surface area contributed by atoms with E-state index in [0.29, 0.717) is 31.8 Å². The molecule has 2 fully saturated rings. The van der Waals surface area contributed by atoms with Crippen LogP contribution in [-0.4, -0.2) is 69.8 Å². The molecule has 3 rings (SSSR count). The maximum Gasteiger partial charge on any atom is 0.191 e. The quantitative estimate of drug-likeness (QED) is 0.283. The molecule has 31 heavy (non-hydrogen) atoms. The minimum absolute atomic E-state index is 0.297. The van der Waals surface area contributed by atoms with E-state index in [2.05, 4.69) is 46.7 Å². The Morgan fingerprint density at radius 2 is 2.00 bits per heavy atom. The third kappa shape index (κ3) is 8.31. The third-order valence-electron chi connectivity index (χ3n) is 6.02. The van der Waals surface area contributed by atoms with Gasteiger partial charge in [0.15, 0.2) is 5.96 Å². The third-order valence-corrected chi connectivity index (χ3v) is 6.02. The highest BCUT2D eigenvalue weighted by Gasteiger charge is 2.18. The molecule has 1 atom stereocenters. The van der Waals surface area contributed by atoms with E-state index in [1.54, 1.807) is 0 Å². The number of benzene rings is 1. The fourth-order valence-electron chi connectivity index (χ4n) is 4.07. The molecule has 0 spiro atoms. The molecule has 0 saturated carbocycles. The van der Waals surface area contributed by atoms with Crippen LogP contribution >= 0.6 is 0 Å². The molecular formula is C24H40N4O3. The van der Waals surface area contributed by atoms with Crippen molar-refractivity contribution in [3.8, 4) is 0 Å². The van der Waals surface area contributed by atoms with Gasteiger partial charge in [-0.05, 0) is 62.6 Å². The van der Waals surface area contributed by atoms with Gasteiger partial charge in [0.1, 0.15) is 0 Å². The summed E-state index contributed by atoms with van der Waals surface area (Å²) >= 11 is 0. The summed E-state index contributed by atoms with van der Waals surface area (Å²) < 4.78 is 11.3. The number of anilines is 1. The monoisotopic (exact) mass is 432 g/mol.